The number of hydrogen-bond donors (Lipinski definition) is 0. The van der Waals surface area contributed by atoms with E-state index in [1.54, 1.807) is 7.11 Å². The molecule has 1 fully saturated rings. The number of carbonyl (C=O) groups is 1. The first-order chi connectivity index (χ1) is 16.1. The van der Waals surface area contributed by atoms with Crippen LogP contribution in [0, 0.1) is 0 Å². The summed E-state index contributed by atoms with van der Waals surface area (Å²) in [5.41, 5.74) is 5.44. The lowest BCUT2D eigenvalue weighted by molar-refractivity contribution is 0.0735. The number of amides is 1. The standard InChI is InChI=1S/C29H30N2O2/c1-30(24-9-3-4-10-24)29(32)23-16-14-22(15-17-23)27-20-31(28-13-6-5-12-26(27)28)19-21-8-7-11-25(18-21)33-2/h5-8,11-18,20,24H,3-4,9-10,19H2,1-2H3. The fourth-order valence-corrected chi connectivity index (χ4v) is 5.03. The number of para-hydroxylation sites is 1. The predicted octanol–water partition coefficient (Wildman–Crippen LogP) is 6.38. The topological polar surface area (TPSA) is 34.5 Å². The fraction of sp³-hybridized carbons (Fsp3) is 0.276. The van der Waals surface area contributed by atoms with Crippen molar-refractivity contribution in [3.8, 4) is 16.9 Å². The average Bonchev–Trinajstić information content (AvgIpc) is 3.52. The second kappa shape index (κ2) is 9.14. The maximum absolute atomic E-state index is 13.0. The molecular formula is C29H30N2O2. The van der Waals surface area contributed by atoms with Crippen LogP contribution in [-0.4, -0.2) is 35.6 Å². The molecule has 1 heterocycles. The molecule has 0 spiro atoms. The Morgan fingerprint density at radius 3 is 2.52 bits per heavy atom. The summed E-state index contributed by atoms with van der Waals surface area (Å²) in [5, 5.41) is 1.21. The SMILES string of the molecule is COc1cccc(Cn2cc(-c3ccc(C(=O)N(C)C4CCCC4)cc3)c3ccccc32)c1. The van der Waals surface area contributed by atoms with Crippen molar-refractivity contribution in [1.82, 2.24) is 9.47 Å². The number of aromatic nitrogens is 1. The first-order valence-electron chi connectivity index (χ1n) is 11.7. The van der Waals surface area contributed by atoms with Crippen molar-refractivity contribution < 1.29 is 9.53 Å². The van der Waals surface area contributed by atoms with Gasteiger partial charge in [-0.2, -0.15) is 0 Å². The van der Waals surface area contributed by atoms with Crippen LogP contribution in [0.3, 0.4) is 0 Å². The van der Waals surface area contributed by atoms with Crippen LogP contribution in [0.5, 0.6) is 5.75 Å². The molecule has 4 nitrogen and oxygen atoms in total. The molecule has 0 aliphatic heterocycles. The minimum Gasteiger partial charge on any atom is -0.497 e. The number of fused-ring (bicyclic) bond motifs is 1. The van der Waals surface area contributed by atoms with Gasteiger partial charge in [0.25, 0.3) is 5.91 Å². The average molecular weight is 439 g/mol. The molecule has 4 aromatic rings. The van der Waals surface area contributed by atoms with Gasteiger partial charge in [0.1, 0.15) is 5.75 Å². The summed E-state index contributed by atoms with van der Waals surface area (Å²) < 4.78 is 7.68. The molecular weight excluding hydrogens is 408 g/mol. The molecule has 0 radical (unpaired) electrons. The Hall–Kier alpha value is -3.53. The third kappa shape index (κ3) is 4.25. The minimum atomic E-state index is 0.119. The summed E-state index contributed by atoms with van der Waals surface area (Å²) in [4.78, 5) is 14.9. The monoisotopic (exact) mass is 438 g/mol. The highest BCUT2D eigenvalue weighted by Crippen LogP contribution is 2.32. The fourth-order valence-electron chi connectivity index (χ4n) is 5.03. The van der Waals surface area contributed by atoms with Gasteiger partial charge in [0.05, 0.1) is 7.11 Å². The van der Waals surface area contributed by atoms with E-state index in [4.69, 9.17) is 4.74 Å². The summed E-state index contributed by atoms with van der Waals surface area (Å²) in [5.74, 6) is 0.987. The van der Waals surface area contributed by atoms with Crippen LogP contribution in [0.25, 0.3) is 22.0 Å². The van der Waals surface area contributed by atoms with Crippen LogP contribution in [-0.2, 0) is 6.54 Å². The maximum Gasteiger partial charge on any atom is 0.253 e. The normalized spacial score (nSPS) is 14.0. The number of nitrogens with zero attached hydrogens (tertiary/aromatic N) is 2. The smallest absolute Gasteiger partial charge is 0.253 e. The van der Waals surface area contributed by atoms with E-state index < -0.39 is 0 Å². The quantitative estimate of drug-likeness (QED) is 0.350. The molecule has 3 aromatic carbocycles. The number of carbonyl (C=O) groups excluding carboxylic acids is 1. The molecule has 0 atom stereocenters. The van der Waals surface area contributed by atoms with E-state index in [2.05, 4.69) is 59.3 Å². The zero-order valence-electron chi connectivity index (χ0n) is 19.3. The molecule has 0 N–H and O–H groups in total. The van der Waals surface area contributed by atoms with Gasteiger partial charge in [0.2, 0.25) is 0 Å². The lowest BCUT2D eigenvalue weighted by Gasteiger charge is -2.24. The summed E-state index contributed by atoms with van der Waals surface area (Å²) >= 11 is 0. The molecule has 1 aliphatic carbocycles. The van der Waals surface area contributed by atoms with Crippen molar-refractivity contribution >= 4 is 16.8 Å². The Labute approximate surface area is 195 Å². The highest BCUT2D eigenvalue weighted by atomic mass is 16.5. The Kier molecular flexibility index (Phi) is 5.91. The summed E-state index contributed by atoms with van der Waals surface area (Å²) in [6, 6.07) is 25.2. The molecule has 1 aliphatic rings. The summed E-state index contributed by atoms with van der Waals surface area (Å²) in [7, 11) is 3.64. The molecule has 5 rings (SSSR count). The lowest BCUT2D eigenvalue weighted by atomic mass is 10.0. The van der Waals surface area contributed by atoms with Crippen LogP contribution < -0.4 is 4.74 Å². The molecule has 0 bridgehead atoms. The van der Waals surface area contributed by atoms with Crippen LogP contribution >= 0.6 is 0 Å². The summed E-state index contributed by atoms with van der Waals surface area (Å²) in [6.45, 7) is 0.764. The van der Waals surface area contributed by atoms with E-state index in [-0.39, 0.29) is 5.91 Å². The number of hydrogen-bond acceptors (Lipinski definition) is 2. The van der Waals surface area contributed by atoms with Crippen molar-refractivity contribution in [3.63, 3.8) is 0 Å². The largest absolute Gasteiger partial charge is 0.497 e. The van der Waals surface area contributed by atoms with E-state index in [0.29, 0.717) is 6.04 Å². The Morgan fingerprint density at radius 1 is 1.00 bits per heavy atom. The first-order valence-corrected chi connectivity index (χ1v) is 11.7. The van der Waals surface area contributed by atoms with Crippen LogP contribution in [0.4, 0.5) is 0 Å². The van der Waals surface area contributed by atoms with Crippen LogP contribution in [0.2, 0.25) is 0 Å². The first kappa shape index (κ1) is 21.3. The minimum absolute atomic E-state index is 0.119. The van der Waals surface area contributed by atoms with E-state index in [9.17, 15) is 4.79 Å². The molecule has 4 heteroatoms. The van der Waals surface area contributed by atoms with Gasteiger partial charge >= 0.3 is 0 Å². The van der Waals surface area contributed by atoms with E-state index >= 15 is 0 Å². The molecule has 33 heavy (non-hydrogen) atoms. The van der Waals surface area contributed by atoms with Gasteiger partial charge in [0, 0.05) is 47.9 Å². The van der Waals surface area contributed by atoms with Gasteiger partial charge < -0.3 is 14.2 Å². The van der Waals surface area contributed by atoms with Gasteiger partial charge in [-0.1, -0.05) is 55.3 Å². The number of methoxy groups -OCH3 is 1. The second-order valence-corrected chi connectivity index (χ2v) is 8.97. The third-order valence-electron chi connectivity index (χ3n) is 6.91. The number of benzene rings is 3. The second-order valence-electron chi connectivity index (χ2n) is 8.97. The highest BCUT2D eigenvalue weighted by molar-refractivity contribution is 5.98. The van der Waals surface area contributed by atoms with Crippen LogP contribution in [0.15, 0.2) is 79.0 Å². The van der Waals surface area contributed by atoms with Gasteiger partial charge in [0.15, 0.2) is 0 Å². The van der Waals surface area contributed by atoms with Crippen molar-refractivity contribution in [2.45, 2.75) is 38.3 Å². The predicted molar refractivity (Wildman–Crippen MR) is 134 cm³/mol. The van der Waals surface area contributed by atoms with Crippen molar-refractivity contribution in [3.05, 3.63) is 90.1 Å². The van der Waals surface area contributed by atoms with Crippen molar-refractivity contribution in [2.75, 3.05) is 14.2 Å². The van der Waals surface area contributed by atoms with Gasteiger partial charge in [-0.3, -0.25) is 4.79 Å². The Balaban J connectivity index is 1.44. The zero-order chi connectivity index (χ0) is 22.8. The van der Waals surface area contributed by atoms with E-state index in [0.717, 1.165) is 36.3 Å². The third-order valence-corrected chi connectivity index (χ3v) is 6.91. The molecule has 1 amide bonds. The Bertz CT molecular complexity index is 1270. The van der Waals surface area contributed by atoms with E-state index in [1.807, 2.05) is 36.2 Å². The zero-order valence-corrected chi connectivity index (χ0v) is 19.3. The van der Waals surface area contributed by atoms with Gasteiger partial charge in [-0.25, -0.2) is 0 Å². The molecule has 0 unspecified atom stereocenters. The molecule has 168 valence electrons. The number of rotatable bonds is 6. The maximum atomic E-state index is 13.0. The highest BCUT2D eigenvalue weighted by Gasteiger charge is 2.24. The Morgan fingerprint density at radius 2 is 1.76 bits per heavy atom. The van der Waals surface area contributed by atoms with Gasteiger partial charge in [-0.05, 0) is 54.3 Å². The van der Waals surface area contributed by atoms with Gasteiger partial charge in [-0.15, -0.1) is 0 Å². The lowest BCUT2D eigenvalue weighted by Crippen LogP contribution is -2.35. The van der Waals surface area contributed by atoms with Crippen molar-refractivity contribution in [2.24, 2.45) is 0 Å². The molecule has 0 saturated heterocycles. The van der Waals surface area contributed by atoms with Crippen LogP contribution in [0.1, 0.15) is 41.6 Å². The van der Waals surface area contributed by atoms with Crippen molar-refractivity contribution in [1.29, 1.82) is 0 Å². The number of ether oxygens (including phenoxy) is 1. The van der Waals surface area contributed by atoms with E-state index in [1.165, 1.54) is 34.9 Å². The molecule has 1 aromatic heterocycles. The summed E-state index contributed by atoms with van der Waals surface area (Å²) in [6.07, 6.45) is 6.90. The molecule has 1 saturated carbocycles.